The quantitative estimate of drug-likeness (QED) is 0.781. The molecule has 3 heteroatoms. The van der Waals surface area contributed by atoms with E-state index in [0.29, 0.717) is 5.41 Å². The van der Waals surface area contributed by atoms with Gasteiger partial charge in [0.15, 0.2) is 0 Å². The molecule has 2 rings (SSSR count). The first-order chi connectivity index (χ1) is 7.09. The summed E-state index contributed by atoms with van der Waals surface area (Å²) in [5, 5.41) is 16.4. The van der Waals surface area contributed by atoms with E-state index in [1.165, 1.54) is 12.8 Å². The average molecular weight is 208 g/mol. The largest absolute Gasteiger partial charge is 0.388 e. The molecule has 0 saturated heterocycles. The van der Waals surface area contributed by atoms with E-state index in [0.717, 1.165) is 24.3 Å². The Morgan fingerprint density at radius 3 is 2.93 bits per heavy atom. The van der Waals surface area contributed by atoms with E-state index in [1.54, 1.807) is 12.4 Å². The van der Waals surface area contributed by atoms with Gasteiger partial charge in [0.1, 0.15) is 0 Å². The average Bonchev–Trinajstić information content (AvgIpc) is 2.68. The third kappa shape index (κ3) is 2.59. The number of nitrogens with zero attached hydrogens (tertiary/aromatic N) is 1. The number of H-pyrrole nitrogens is 1. The first kappa shape index (κ1) is 10.7. The van der Waals surface area contributed by atoms with E-state index in [2.05, 4.69) is 24.0 Å². The van der Waals surface area contributed by atoms with Gasteiger partial charge in [-0.2, -0.15) is 5.10 Å². The molecule has 0 amide bonds. The van der Waals surface area contributed by atoms with E-state index in [4.69, 9.17) is 0 Å². The minimum atomic E-state index is -0.342. The summed E-state index contributed by atoms with van der Waals surface area (Å²) in [5.74, 6) is 0.883. The van der Waals surface area contributed by atoms with Gasteiger partial charge < -0.3 is 5.11 Å². The van der Waals surface area contributed by atoms with Crippen molar-refractivity contribution in [1.82, 2.24) is 10.2 Å². The van der Waals surface area contributed by atoms with E-state index in [9.17, 15) is 5.11 Å². The molecule has 0 bridgehead atoms. The minimum Gasteiger partial charge on any atom is -0.388 e. The lowest BCUT2D eigenvalue weighted by Gasteiger charge is -2.08. The van der Waals surface area contributed by atoms with Gasteiger partial charge in [-0.1, -0.05) is 20.3 Å². The van der Waals surface area contributed by atoms with Crippen LogP contribution in [0.3, 0.4) is 0 Å². The number of nitrogens with one attached hydrogen (secondary N) is 1. The van der Waals surface area contributed by atoms with Crippen molar-refractivity contribution in [2.45, 2.75) is 45.6 Å². The van der Waals surface area contributed by atoms with Crippen molar-refractivity contribution >= 4 is 0 Å². The zero-order chi connectivity index (χ0) is 10.9. The third-order valence-electron chi connectivity index (χ3n) is 3.65. The molecule has 0 aromatic carbocycles. The van der Waals surface area contributed by atoms with E-state index >= 15 is 0 Å². The molecular weight excluding hydrogens is 188 g/mol. The Bertz CT molecular complexity index is 305. The molecule has 0 aliphatic heterocycles. The van der Waals surface area contributed by atoms with Crippen molar-refractivity contribution in [2.24, 2.45) is 11.3 Å². The third-order valence-corrected chi connectivity index (χ3v) is 3.65. The van der Waals surface area contributed by atoms with Crippen LogP contribution in [-0.2, 0) is 0 Å². The molecule has 1 aromatic rings. The van der Waals surface area contributed by atoms with Crippen LogP contribution in [0.15, 0.2) is 12.4 Å². The van der Waals surface area contributed by atoms with Crippen LogP contribution in [0, 0.1) is 11.3 Å². The number of aromatic nitrogens is 2. The van der Waals surface area contributed by atoms with Gasteiger partial charge in [0.2, 0.25) is 0 Å². The van der Waals surface area contributed by atoms with Crippen LogP contribution >= 0.6 is 0 Å². The Morgan fingerprint density at radius 1 is 1.67 bits per heavy atom. The molecule has 0 spiro atoms. The summed E-state index contributed by atoms with van der Waals surface area (Å²) in [7, 11) is 0. The van der Waals surface area contributed by atoms with Gasteiger partial charge in [-0.05, 0) is 30.6 Å². The van der Waals surface area contributed by atoms with Crippen molar-refractivity contribution in [2.75, 3.05) is 0 Å². The van der Waals surface area contributed by atoms with E-state index < -0.39 is 0 Å². The van der Waals surface area contributed by atoms with Crippen molar-refractivity contribution in [1.29, 1.82) is 0 Å². The second-order valence-electron chi connectivity index (χ2n) is 5.37. The normalized spacial score (nSPS) is 25.1. The Labute approximate surface area is 90.9 Å². The first-order valence-electron chi connectivity index (χ1n) is 5.76. The number of aliphatic hydroxyl groups is 1. The van der Waals surface area contributed by atoms with Crippen molar-refractivity contribution in [3.63, 3.8) is 0 Å². The fourth-order valence-electron chi connectivity index (χ4n) is 2.24. The van der Waals surface area contributed by atoms with Gasteiger partial charge in [-0.25, -0.2) is 0 Å². The van der Waals surface area contributed by atoms with Crippen molar-refractivity contribution in [3.8, 4) is 0 Å². The predicted molar refractivity (Wildman–Crippen MR) is 59.3 cm³/mol. The van der Waals surface area contributed by atoms with Crippen LogP contribution in [0.1, 0.15) is 51.2 Å². The summed E-state index contributed by atoms with van der Waals surface area (Å²) in [6.07, 6.45) is 7.70. The van der Waals surface area contributed by atoms with Gasteiger partial charge in [0.25, 0.3) is 0 Å². The summed E-state index contributed by atoms with van der Waals surface area (Å²) in [5.41, 5.74) is 1.48. The molecule has 1 aromatic heterocycles. The zero-order valence-electron chi connectivity index (χ0n) is 9.53. The number of aliphatic hydroxyl groups excluding tert-OH is 1. The number of rotatable bonds is 5. The van der Waals surface area contributed by atoms with Crippen LogP contribution < -0.4 is 0 Å². The standard InChI is InChI=1S/C12H20N2O/c1-12(2)6-10(12)4-3-5-11(15)9-7-13-14-8-9/h7-8,10-11,15H,3-6H2,1-2H3,(H,13,14). The maximum atomic E-state index is 9.81. The molecule has 2 atom stereocenters. The second-order valence-corrected chi connectivity index (χ2v) is 5.37. The molecule has 0 radical (unpaired) electrons. The van der Waals surface area contributed by atoms with Crippen LogP contribution in [0.25, 0.3) is 0 Å². The van der Waals surface area contributed by atoms with Crippen LogP contribution in [0.5, 0.6) is 0 Å². The molecule has 15 heavy (non-hydrogen) atoms. The highest BCUT2D eigenvalue weighted by Crippen LogP contribution is 2.54. The van der Waals surface area contributed by atoms with Gasteiger partial charge in [0.05, 0.1) is 12.3 Å². The fourth-order valence-corrected chi connectivity index (χ4v) is 2.24. The SMILES string of the molecule is CC1(C)CC1CCCC(O)c1cn[nH]c1. The fraction of sp³-hybridized carbons (Fsp3) is 0.750. The molecule has 1 fully saturated rings. The molecule has 1 aliphatic carbocycles. The van der Waals surface area contributed by atoms with Crippen molar-refractivity contribution < 1.29 is 5.11 Å². The van der Waals surface area contributed by atoms with Crippen LogP contribution in [-0.4, -0.2) is 15.3 Å². The Morgan fingerprint density at radius 2 is 2.40 bits per heavy atom. The smallest absolute Gasteiger partial charge is 0.0820 e. The monoisotopic (exact) mass is 208 g/mol. The molecule has 2 unspecified atom stereocenters. The van der Waals surface area contributed by atoms with Gasteiger partial charge in [-0.15, -0.1) is 0 Å². The van der Waals surface area contributed by atoms with E-state index in [1.807, 2.05) is 0 Å². The second kappa shape index (κ2) is 3.97. The highest BCUT2D eigenvalue weighted by Gasteiger charge is 2.44. The Balaban J connectivity index is 1.66. The van der Waals surface area contributed by atoms with Gasteiger partial charge in [0, 0.05) is 11.8 Å². The van der Waals surface area contributed by atoms with Crippen LogP contribution in [0.2, 0.25) is 0 Å². The number of hydrogen-bond donors (Lipinski definition) is 2. The molecule has 84 valence electrons. The maximum absolute atomic E-state index is 9.81. The lowest BCUT2D eigenvalue weighted by molar-refractivity contribution is 0.162. The number of aromatic amines is 1. The zero-order valence-corrected chi connectivity index (χ0v) is 9.53. The summed E-state index contributed by atoms with van der Waals surface area (Å²) >= 11 is 0. The summed E-state index contributed by atoms with van der Waals surface area (Å²) in [4.78, 5) is 0. The van der Waals surface area contributed by atoms with Crippen molar-refractivity contribution in [3.05, 3.63) is 18.0 Å². The Kier molecular flexibility index (Phi) is 2.83. The summed E-state index contributed by atoms with van der Waals surface area (Å²) < 4.78 is 0. The van der Waals surface area contributed by atoms with Gasteiger partial charge in [-0.3, -0.25) is 5.10 Å². The lowest BCUT2D eigenvalue weighted by Crippen LogP contribution is -1.97. The molecule has 1 heterocycles. The summed E-state index contributed by atoms with van der Waals surface area (Å²) in [6, 6.07) is 0. The van der Waals surface area contributed by atoms with Gasteiger partial charge >= 0.3 is 0 Å². The molecule has 1 aliphatic rings. The summed E-state index contributed by atoms with van der Waals surface area (Å²) in [6.45, 7) is 4.65. The maximum Gasteiger partial charge on any atom is 0.0820 e. The predicted octanol–water partition coefficient (Wildman–Crippen LogP) is 2.66. The highest BCUT2D eigenvalue weighted by molar-refractivity contribution is 5.06. The molecule has 1 saturated carbocycles. The lowest BCUT2D eigenvalue weighted by atomic mass is 10.0. The van der Waals surface area contributed by atoms with Crippen LogP contribution in [0.4, 0.5) is 0 Å². The highest BCUT2D eigenvalue weighted by atomic mass is 16.3. The topological polar surface area (TPSA) is 48.9 Å². The Hall–Kier alpha value is -0.830. The van der Waals surface area contributed by atoms with E-state index in [-0.39, 0.29) is 6.10 Å². The molecule has 3 nitrogen and oxygen atoms in total. The molecule has 2 N–H and O–H groups in total. The number of hydrogen-bond acceptors (Lipinski definition) is 2. The minimum absolute atomic E-state index is 0.342. The first-order valence-corrected chi connectivity index (χ1v) is 5.76. The molecular formula is C12H20N2O.